The zero-order valence-electron chi connectivity index (χ0n) is 2.44. The van der Waals surface area contributed by atoms with Gasteiger partial charge in [-0.25, -0.2) is 0 Å². The maximum Gasteiger partial charge on any atom is 0 e. The molecule has 0 amide bonds. The van der Waals surface area contributed by atoms with E-state index in [2.05, 4.69) is 0 Å². The van der Waals surface area contributed by atoms with Crippen LogP contribution in [0.2, 0.25) is 0 Å². The summed E-state index contributed by atoms with van der Waals surface area (Å²) in [5.74, 6) is 0. The molecule has 6 radical (unpaired) electrons. The van der Waals surface area contributed by atoms with Gasteiger partial charge in [-0.05, 0) is 0 Å². The van der Waals surface area contributed by atoms with E-state index < -0.39 is 0 Å². The molecule has 4 heteroatoms. The quantitative estimate of drug-likeness (QED) is 0.448. The third kappa shape index (κ3) is 8.91. The second-order valence-electron chi connectivity index (χ2n) is 0. The first-order valence-electron chi connectivity index (χ1n) is 0. The standard InChI is InChI=1S/Bi.In.H3N.H3P/h;;2*1H3. The average Bonchev–Trinajstić information content (AvgIpc) is 0. The van der Waals surface area contributed by atoms with Crippen LogP contribution in [0.25, 0.3) is 0 Å². The Labute approximate surface area is 67.4 Å². The number of rotatable bonds is 0. The van der Waals surface area contributed by atoms with Crippen molar-refractivity contribution in [2.24, 2.45) is 0 Å². The fourth-order valence-electron chi connectivity index (χ4n) is 0. The Balaban J connectivity index is 0. The van der Waals surface area contributed by atoms with E-state index in [1.54, 1.807) is 0 Å². The molecule has 1 unspecified atom stereocenters. The summed E-state index contributed by atoms with van der Waals surface area (Å²) in [6.45, 7) is 0. The van der Waals surface area contributed by atoms with E-state index in [0.29, 0.717) is 0 Å². The Hall–Kier alpha value is 2.14. The Bertz CT molecular complexity index is 8.00. The zero-order chi connectivity index (χ0) is 0. The van der Waals surface area contributed by atoms with Gasteiger partial charge < -0.3 is 6.15 Å². The van der Waals surface area contributed by atoms with Crippen molar-refractivity contribution in [1.29, 1.82) is 0 Å². The van der Waals surface area contributed by atoms with Crippen molar-refractivity contribution >= 4 is 61.9 Å². The molecule has 0 rings (SSSR count). The van der Waals surface area contributed by atoms with Crippen molar-refractivity contribution in [2.45, 2.75) is 0 Å². The third-order valence-electron chi connectivity index (χ3n) is 0. The molecule has 0 aromatic carbocycles. The Morgan fingerprint density at radius 2 is 1.00 bits per heavy atom. The van der Waals surface area contributed by atoms with Crippen LogP contribution in [0, 0.1) is 0 Å². The van der Waals surface area contributed by atoms with Crippen LogP contribution < -0.4 is 6.15 Å². The van der Waals surface area contributed by atoms with Crippen LogP contribution >= 0.6 is 9.90 Å². The predicted octanol–water partition coefficient (Wildman–Crippen LogP) is -0.542. The molecule has 0 aromatic heterocycles. The third-order valence-corrected chi connectivity index (χ3v) is 0. The molecule has 1 atom stereocenters. The minimum absolute atomic E-state index is 0. The van der Waals surface area contributed by atoms with Gasteiger partial charge in [-0.1, -0.05) is 0 Å². The van der Waals surface area contributed by atoms with Gasteiger partial charge in [-0.15, -0.1) is 0 Å². The van der Waals surface area contributed by atoms with Gasteiger partial charge in [0.15, 0.2) is 0 Å². The second-order valence-corrected chi connectivity index (χ2v) is 0. The van der Waals surface area contributed by atoms with Crippen molar-refractivity contribution in [1.82, 2.24) is 6.15 Å². The van der Waals surface area contributed by atoms with Crippen LogP contribution in [0.3, 0.4) is 0 Å². The monoisotopic (exact) mass is 375 g/mol. The van der Waals surface area contributed by atoms with E-state index >= 15 is 0 Å². The summed E-state index contributed by atoms with van der Waals surface area (Å²) in [5, 5.41) is 0. The maximum atomic E-state index is 0. The van der Waals surface area contributed by atoms with Crippen molar-refractivity contribution in [2.75, 3.05) is 0 Å². The van der Waals surface area contributed by atoms with Crippen LogP contribution in [0.4, 0.5) is 0 Å². The molecule has 0 heterocycles. The molecule has 0 bridgehead atoms. The summed E-state index contributed by atoms with van der Waals surface area (Å²) in [5.41, 5.74) is 0. The van der Waals surface area contributed by atoms with Crippen LogP contribution in [0.1, 0.15) is 0 Å². The van der Waals surface area contributed by atoms with Crippen molar-refractivity contribution in [3.8, 4) is 0 Å². The molecule has 0 spiro atoms. The fraction of sp³-hybridized carbons (Fsp3) is 0. The molecular weight excluding hydrogens is 369 g/mol. The molecule has 4 heavy (non-hydrogen) atoms. The van der Waals surface area contributed by atoms with Crippen LogP contribution in [-0.4, -0.2) is 52.0 Å². The van der Waals surface area contributed by atoms with Gasteiger partial charge in [-0.2, -0.15) is 9.90 Å². The van der Waals surface area contributed by atoms with Crippen molar-refractivity contribution in [3.05, 3.63) is 0 Å². The van der Waals surface area contributed by atoms with Crippen LogP contribution in [0.5, 0.6) is 0 Å². The molecule has 24 valence electrons. The smallest absolute Gasteiger partial charge is 0 e. The fourth-order valence-corrected chi connectivity index (χ4v) is 0. The summed E-state index contributed by atoms with van der Waals surface area (Å²) in [6.07, 6.45) is 0. The molecule has 0 aromatic rings. The largest absolute Gasteiger partial charge is 0.344 e. The van der Waals surface area contributed by atoms with Gasteiger partial charge in [0.1, 0.15) is 0 Å². The molecule has 1 nitrogen and oxygen atoms in total. The summed E-state index contributed by atoms with van der Waals surface area (Å²) < 4.78 is 0. The number of hydrogen-bond donors (Lipinski definition) is 1. The molecule has 3 N–H and O–H groups in total. The first kappa shape index (κ1) is 35.4. The zero-order valence-corrected chi connectivity index (χ0v) is 10.6. The summed E-state index contributed by atoms with van der Waals surface area (Å²) >= 11 is 0. The van der Waals surface area contributed by atoms with E-state index in [9.17, 15) is 0 Å². The van der Waals surface area contributed by atoms with Crippen molar-refractivity contribution in [3.63, 3.8) is 0 Å². The molecule has 0 aliphatic rings. The van der Waals surface area contributed by atoms with E-state index in [-0.39, 0.29) is 68.1 Å². The molecule has 0 aliphatic carbocycles. The van der Waals surface area contributed by atoms with Gasteiger partial charge in [0.2, 0.25) is 0 Å². The van der Waals surface area contributed by atoms with Crippen molar-refractivity contribution < 1.29 is 0 Å². The minimum Gasteiger partial charge on any atom is -0.344 e. The molecular formula is H6BiInNP. The summed E-state index contributed by atoms with van der Waals surface area (Å²) in [6, 6.07) is 0. The Morgan fingerprint density at radius 1 is 1.00 bits per heavy atom. The topological polar surface area (TPSA) is 35.0 Å². The second kappa shape index (κ2) is 19.2. The summed E-state index contributed by atoms with van der Waals surface area (Å²) in [7, 11) is 0. The first-order valence-corrected chi connectivity index (χ1v) is 0. The van der Waals surface area contributed by atoms with Crippen LogP contribution in [0.15, 0.2) is 0 Å². The SMILES string of the molecule is N.P.[Bi].[In]. The van der Waals surface area contributed by atoms with Gasteiger partial charge in [0.25, 0.3) is 0 Å². The van der Waals surface area contributed by atoms with E-state index in [4.69, 9.17) is 0 Å². The first-order chi connectivity index (χ1) is 0. The van der Waals surface area contributed by atoms with Gasteiger partial charge >= 0.3 is 0 Å². The molecule has 0 saturated heterocycles. The maximum absolute atomic E-state index is 0. The Kier molecular flexibility index (Phi) is 170. The Morgan fingerprint density at radius 3 is 1.00 bits per heavy atom. The molecule has 0 aliphatic heterocycles. The normalized spacial score (nSPS) is 0. The van der Waals surface area contributed by atoms with Gasteiger partial charge in [0.05, 0.1) is 0 Å². The minimum atomic E-state index is 0. The average molecular weight is 375 g/mol. The van der Waals surface area contributed by atoms with E-state index in [1.165, 1.54) is 0 Å². The number of hydrogen-bond acceptors (Lipinski definition) is 1. The predicted molar refractivity (Wildman–Crippen MR) is 27.6 cm³/mol. The van der Waals surface area contributed by atoms with Gasteiger partial charge in [0, 0.05) is 52.0 Å². The van der Waals surface area contributed by atoms with Crippen LogP contribution in [-0.2, 0) is 0 Å². The van der Waals surface area contributed by atoms with Gasteiger partial charge in [-0.3, -0.25) is 0 Å². The van der Waals surface area contributed by atoms with E-state index in [1.807, 2.05) is 0 Å². The molecule has 0 saturated carbocycles. The molecule has 0 fully saturated rings. The van der Waals surface area contributed by atoms with E-state index in [0.717, 1.165) is 0 Å². The summed E-state index contributed by atoms with van der Waals surface area (Å²) in [4.78, 5) is 0.